The quantitative estimate of drug-likeness (QED) is 0.578. The minimum atomic E-state index is 0.618. The van der Waals surface area contributed by atoms with E-state index in [9.17, 15) is 0 Å². The number of benzene rings is 2. The van der Waals surface area contributed by atoms with Crippen molar-refractivity contribution in [3.63, 3.8) is 0 Å². The first kappa shape index (κ1) is 16.8. The van der Waals surface area contributed by atoms with E-state index in [1.165, 1.54) is 17.5 Å². The lowest BCUT2D eigenvalue weighted by molar-refractivity contribution is 0.440. The highest BCUT2D eigenvalue weighted by Gasteiger charge is 2.12. The zero-order valence-corrected chi connectivity index (χ0v) is 14.5. The topological polar surface area (TPSA) is 28.7 Å². The second-order valence-corrected chi connectivity index (χ2v) is 6.73. The zero-order chi connectivity index (χ0) is 16.6. The van der Waals surface area contributed by atoms with E-state index in [-0.39, 0.29) is 0 Å². The molecule has 0 aliphatic heterocycles. The van der Waals surface area contributed by atoms with Gasteiger partial charge in [0.15, 0.2) is 0 Å². The Morgan fingerprint density at radius 3 is 2.17 bits per heavy atom. The summed E-state index contributed by atoms with van der Waals surface area (Å²) in [7, 11) is 0. The van der Waals surface area contributed by atoms with E-state index in [0.29, 0.717) is 5.92 Å². The van der Waals surface area contributed by atoms with Gasteiger partial charge in [0.25, 0.3) is 0 Å². The Bertz CT molecular complexity index is 705. The highest BCUT2D eigenvalue weighted by Crippen LogP contribution is 2.20. The van der Waals surface area contributed by atoms with Gasteiger partial charge in [-0.05, 0) is 54.9 Å². The summed E-state index contributed by atoms with van der Waals surface area (Å²) in [5, 5.41) is 0.801. The first-order chi connectivity index (χ1) is 11.8. The van der Waals surface area contributed by atoms with Gasteiger partial charge >= 0.3 is 0 Å². The molecular formula is C21H23ClN2. The lowest BCUT2D eigenvalue weighted by Gasteiger charge is -2.16. The van der Waals surface area contributed by atoms with Gasteiger partial charge in [0.05, 0.1) is 0 Å². The van der Waals surface area contributed by atoms with Gasteiger partial charge < -0.3 is 4.98 Å². The molecule has 124 valence electrons. The second kappa shape index (κ2) is 8.70. The summed E-state index contributed by atoms with van der Waals surface area (Å²) >= 11 is 5.97. The van der Waals surface area contributed by atoms with E-state index in [4.69, 9.17) is 11.6 Å². The van der Waals surface area contributed by atoms with E-state index in [1.54, 1.807) is 0 Å². The number of aromatic nitrogens is 2. The summed E-state index contributed by atoms with van der Waals surface area (Å²) in [5.74, 6) is 1.70. The van der Waals surface area contributed by atoms with E-state index in [0.717, 1.165) is 36.5 Å². The summed E-state index contributed by atoms with van der Waals surface area (Å²) < 4.78 is 0. The maximum atomic E-state index is 5.97. The van der Waals surface area contributed by atoms with Gasteiger partial charge in [-0.15, -0.1) is 0 Å². The number of aryl methyl sites for hydroxylation is 2. The van der Waals surface area contributed by atoms with Crippen LogP contribution in [0.5, 0.6) is 0 Å². The summed E-state index contributed by atoms with van der Waals surface area (Å²) in [6, 6.07) is 18.9. The van der Waals surface area contributed by atoms with Gasteiger partial charge in [-0.3, -0.25) is 0 Å². The molecule has 2 aromatic carbocycles. The van der Waals surface area contributed by atoms with Gasteiger partial charge in [-0.2, -0.15) is 0 Å². The third-order valence-electron chi connectivity index (χ3n) is 4.48. The number of aromatic amines is 1. The molecule has 0 radical (unpaired) electrons. The molecule has 3 rings (SSSR count). The maximum Gasteiger partial charge on any atom is 0.106 e. The van der Waals surface area contributed by atoms with E-state index in [1.807, 2.05) is 24.5 Å². The molecule has 1 unspecified atom stereocenters. The molecule has 0 spiro atoms. The lowest BCUT2D eigenvalue weighted by atomic mass is 9.90. The van der Waals surface area contributed by atoms with E-state index < -0.39 is 0 Å². The van der Waals surface area contributed by atoms with Crippen molar-refractivity contribution in [1.29, 1.82) is 0 Å². The third kappa shape index (κ3) is 5.24. The van der Waals surface area contributed by atoms with Crippen LogP contribution in [0.3, 0.4) is 0 Å². The Kier molecular flexibility index (Phi) is 6.08. The number of imidazole rings is 1. The van der Waals surface area contributed by atoms with Crippen molar-refractivity contribution in [2.75, 3.05) is 0 Å². The van der Waals surface area contributed by atoms with Crippen LogP contribution in [0.25, 0.3) is 0 Å². The van der Waals surface area contributed by atoms with Gasteiger partial charge in [0, 0.05) is 23.8 Å². The molecule has 1 N–H and O–H groups in total. The number of hydrogen-bond acceptors (Lipinski definition) is 1. The molecule has 24 heavy (non-hydrogen) atoms. The van der Waals surface area contributed by atoms with Gasteiger partial charge in [-0.25, -0.2) is 4.98 Å². The fourth-order valence-electron chi connectivity index (χ4n) is 3.07. The predicted molar refractivity (Wildman–Crippen MR) is 100 cm³/mol. The average Bonchev–Trinajstić information content (AvgIpc) is 3.13. The van der Waals surface area contributed by atoms with Crippen LogP contribution in [-0.4, -0.2) is 9.97 Å². The van der Waals surface area contributed by atoms with Crippen molar-refractivity contribution in [3.8, 4) is 0 Å². The molecule has 0 amide bonds. The Labute approximate surface area is 148 Å². The molecule has 0 bridgehead atoms. The number of hydrogen-bond donors (Lipinski definition) is 1. The van der Waals surface area contributed by atoms with Crippen LogP contribution in [0, 0.1) is 5.92 Å². The molecule has 1 atom stereocenters. The number of rotatable bonds is 8. The highest BCUT2D eigenvalue weighted by molar-refractivity contribution is 6.30. The van der Waals surface area contributed by atoms with Crippen LogP contribution in [0.2, 0.25) is 5.02 Å². The first-order valence-electron chi connectivity index (χ1n) is 8.56. The van der Waals surface area contributed by atoms with Crippen molar-refractivity contribution in [3.05, 3.63) is 89.0 Å². The fourth-order valence-corrected chi connectivity index (χ4v) is 3.19. The third-order valence-corrected chi connectivity index (χ3v) is 4.73. The van der Waals surface area contributed by atoms with Crippen LogP contribution in [-0.2, 0) is 19.3 Å². The van der Waals surface area contributed by atoms with Crippen molar-refractivity contribution >= 4 is 11.6 Å². The van der Waals surface area contributed by atoms with Crippen LogP contribution in [0.1, 0.15) is 29.8 Å². The van der Waals surface area contributed by atoms with Gasteiger partial charge in [0.1, 0.15) is 5.82 Å². The molecule has 0 saturated heterocycles. The van der Waals surface area contributed by atoms with Crippen molar-refractivity contribution in [2.24, 2.45) is 5.92 Å². The van der Waals surface area contributed by atoms with Crippen molar-refractivity contribution in [1.82, 2.24) is 9.97 Å². The molecular weight excluding hydrogens is 316 g/mol. The van der Waals surface area contributed by atoms with E-state index in [2.05, 4.69) is 52.4 Å². The van der Waals surface area contributed by atoms with Crippen LogP contribution < -0.4 is 0 Å². The van der Waals surface area contributed by atoms with Gasteiger partial charge in [-0.1, -0.05) is 54.1 Å². The Morgan fingerprint density at radius 2 is 1.54 bits per heavy atom. The molecule has 0 fully saturated rings. The summed E-state index contributed by atoms with van der Waals surface area (Å²) in [5.41, 5.74) is 2.76. The summed E-state index contributed by atoms with van der Waals surface area (Å²) in [6.07, 6.45) is 9.29. The SMILES string of the molecule is Clc1ccc(CCC(CCc2ccccc2)Cc2ncc[nH]2)cc1. The summed E-state index contributed by atoms with van der Waals surface area (Å²) in [6.45, 7) is 0. The van der Waals surface area contributed by atoms with E-state index >= 15 is 0 Å². The molecule has 0 aliphatic carbocycles. The Hall–Kier alpha value is -2.06. The normalized spacial score (nSPS) is 12.2. The molecule has 3 aromatic rings. The van der Waals surface area contributed by atoms with Crippen molar-refractivity contribution < 1.29 is 0 Å². The molecule has 1 heterocycles. The molecule has 2 nitrogen and oxygen atoms in total. The Balaban J connectivity index is 1.59. The van der Waals surface area contributed by atoms with Crippen LogP contribution >= 0.6 is 11.6 Å². The van der Waals surface area contributed by atoms with Crippen molar-refractivity contribution in [2.45, 2.75) is 32.1 Å². The predicted octanol–water partition coefficient (Wildman–Crippen LogP) is 5.49. The highest BCUT2D eigenvalue weighted by atomic mass is 35.5. The van der Waals surface area contributed by atoms with Crippen LogP contribution in [0.15, 0.2) is 67.0 Å². The molecule has 1 aromatic heterocycles. The Morgan fingerprint density at radius 1 is 0.875 bits per heavy atom. The first-order valence-corrected chi connectivity index (χ1v) is 8.94. The maximum absolute atomic E-state index is 5.97. The van der Waals surface area contributed by atoms with Crippen LogP contribution in [0.4, 0.5) is 0 Å². The second-order valence-electron chi connectivity index (χ2n) is 6.30. The molecule has 3 heteroatoms. The molecule has 0 saturated carbocycles. The fraction of sp³-hybridized carbons (Fsp3) is 0.286. The number of nitrogens with zero attached hydrogens (tertiary/aromatic N) is 1. The average molecular weight is 339 g/mol. The zero-order valence-electron chi connectivity index (χ0n) is 13.8. The monoisotopic (exact) mass is 338 g/mol. The minimum absolute atomic E-state index is 0.618. The number of nitrogens with one attached hydrogen (secondary N) is 1. The lowest BCUT2D eigenvalue weighted by Crippen LogP contribution is -2.09. The smallest absolute Gasteiger partial charge is 0.106 e. The number of H-pyrrole nitrogens is 1. The minimum Gasteiger partial charge on any atom is -0.349 e. The number of halogens is 1. The summed E-state index contributed by atoms with van der Waals surface area (Å²) in [4.78, 5) is 7.65. The standard InChI is InChI=1S/C21H23ClN2/c22-20-12-10-18(11-13-20)7-9-19(16-21-23-14-15-24-21)8-6-17-4-2-1-3-5-17/h1-5,10-15,19H,6-9,16H2,(H,23,24). The largest absolute Gasteiger partial charge is 0.349 e. The molecule has 0 aliphatic rings. The van der Waals surface area contributed by atoms with Gasteiger partial charge in [0.2, 0.25) is 0 Å².